The van der Waals surface area contributed by atoms with E-state index in [0.717, 1.165) is 10.2 Å². The van der Waals surface area contributed by atoms with Gasteiger partial charge in [0.1, 0.15) is 0 Å². The first-order valence-electron chi connectivity index (χ1n) is 3.71. The summed E-state index contributed by atoms with van der Waals surface area (Å²) in [4.78, 5) is 8.10. The van der Waals surface area contributed by atoms with Gasteiger partial charge in [0, 0.05) is 0 Å². The highest BCUT2D eigenvalue weighted by molar-refractivity contribution is 7.22. The molecular formula is C8H9ClN4S. The number of hydrogen-bond donors (Lipinski definition) is 2. The van der Waals surface area contributed by atoms with E-state index in [1.54, 1.807) is 0 Å². The van der Waals surface area contributed by atoms with Crippen LogP contribution in [0.1, 0.15) is 0 Å². The van der Waals surface area contributed by atoms with Crippen molar-refractivity contribution in [1.82, 2.24) is 4.98 Å². The number of hydrogen-bond acceptors (Lipinski definition) is 3. The van der Waals surface area contributed by atoms with Gasteiger partial charge in [-0.1, -0.05) is 23.5 Å². The number of benzene rings is 1. The molecule has 0 fully saturated rings. The average molecular weight is 229 g/mol. The Morgan fingerprint density at radius 2 is 2.00 bits per heavy atom. The standard InChI is InChI=1S/C8H8N4S.ClH/c9-7(10)12-8-11-5-3-1-2-4-6(5)13-8;/h1-4H,(H4,9,10,11,12);1H. The molecule has 2 aromatic rings. The summed E-state index contributed by atoms with van der Waals surface area (Å²) in [5.41, 5.74) is 11.4. The number of nitrogens with two attached hydrogens (primary N) is 2. The van der Waals surface area contributed by atoms with Crippen LogP contribution in [0.25, 0.3) is 10.2 Å². The second-order valence-electron chi connectivity index (χ2n) is 2.50. The number of aliphatic imine (C=N–C) groups is 1. The zero-order valence-corrected chi connectivity index (χ0v) is 8.81. The lowest BCUT2D eigenvalue weighted by atomic mass is 10.3. The molecule has 1 aromatic carbocycles. The van der Waals surface area contributed by atoms with Crippen molar-refractivity contribution in [2.45, 2.75) is 0 Å². The van der Waals surface area contributed by atoms with Gasteiger partial charge in [0.25, 0.3) is 0 Å². The van der Waals surface area contributed by atoms with E-state index < -0.39 is 0 Å². The van der Waals surface area contributed by atoms with Crippen LogP contribution in [0, 0.1) is 0 Å². The van der Waals surface area contributed by atoms with E-state index >= 15 is 0 Å². The molecule has 14 heavy (non-hydrogen) atoms. The zero-order valence-electron chi connectivity index (χ0n) is 7.18. The maximum atomic E-state index is 5.24. The van der Waals surface area contributed by atoms with Crippen LogP contribution in [0.5, 0.6) is 0 Å². The third kappa shape index (κ3) is 2.12. The molecule has 0 unspecified atom stereocenters. The molecule has 0 bridgehead atoms. The summed E-state index contributed by atoms with van der Waals surface area (Å²) in [6.07, 6.45) is 0. The highest BCUT2D eigenvalue weighted by Crippen LogP contribution is 2.27. The molecule has 2 rings (SSSR count). The molecule has 1 aromatic heterocycles. The van der Waals surface area contributed by atoms with E-state index in [1.807, 2.05) is 24.3 Å². The molecule has 4 nitrogen and oxygen atoms in total. The van der Waals surface area contributed by atoms with Crippen LogP contribution in [0.4, 0.5) is 5.13 Å². The van der Waals surface area contributed by atoms with Gasteiger partial charge < -0.3 is 11.5 Å². The minimum atomic E-state index is 0. The van der Waals surface area contributed by atoms with Crippen LogP contribution in [0.3, 0.4) is 0 Å². The van der Waals surface area contributed by atoms with Crippen molar-refractivity contribution >= 4 is 45.1 Å². The van der Waals surface area contributed by atoms with E-state index in [4.69, 9.17) is 11.5 Å². The molecule has 0 aliphatic rings. The average Bonchev–Trinajstić information content (AvgIpc) is 2.44. The maximum Gasteiger partial charge on any atom is 0.213 e. The number of guanidine groups is 1. The Labute approximate surface area is 91.1 Å². The number of aromatic nitrogens is 1. The molecule has 0 atom stereocenters. The van der Waals surface area contributed by atoms with Gasteiger partial charge in [-0.2, -0.15) is 4.99 Å². The molecule has 4 N–H and O–H groups in total. The Morgan fingerprint density at radius 3 is 2.64 bits per heavy atom. The van der Waals surface area contributed by atoms with Crippen LogP contribution in [0.15, 0.2) is 29.3 Å². The van der Waals surface area contributed by atoms with E-state index in [1.165, 1.54) is 11.3 Å². The van der Waals surface area contributed by atoms with Crippen molar-refractivity contribution in [3.63, 3.8) is 0 Å². The van der Waals surface area contributed by atoms with Gasteiger partial charge in [-0.05, 0) is 12.1 Å². The number of rotatable bonds is 1. The fraction of sp³-hybridized carbons (Fsp3) is 0. The van der Waals surface area contributed by atoms with Crippen LogP contribution in [-0.4, -0.2) is 10.9 Å². The Balaban J connectivity index is 0.000000980. The fourth-order valence-electron chi connectivity index (χ4n) is 1.02. The van der Waals surface area contributed by atoms with Gasteiger partial charge in [0.05, 0.1) is 10.2 Å². The predicted molar refractivity (Wildman–Crippen MR) is 62.3 cm³/mol. The van der Waals surface area contributed by atoms with Crippen molar-refractivity contribution in [2.24, 2.45) is 16.5 Å². The summed E-state index contributed by atoms with van der Waals surface area (Å²) in [6.45, 7) is 0. The molecular weight excluding hydrogens is 220 g/mol. The van der Waals surface area contributed by atoms with Gasteiger partial charge >= 0.3 is 0 Å². The van der Waals surface area contributed by atoms with Crippen molar-refractivity contribution in [1.29, 1.82) is 0 Å². The van der Waals surface area contributed by atoms with Crippen LogP contribution < -0.4 is 11.5 Å². The van der Waals surface area contributed by atoms with E-state index in [2.05, 4.69) is 9.98 Å². The third-order valence-corrected chi connectivity index (χ3v) is 2.44. The van der Waals surface area contributed by atoms with E-state index in [0.29, 0.717) is 5.13 Å². The molecule has 0 radical (unpaired) electrons. The maximum absolute atomic E-state index is 5.24. The second kappa shape index (κ2) is 4.26. The number of halogens is 1. The summed E-state index contributed by atoms with van der Waals surface area (Å²) >= 11 is 1.47. The van der Waals surface area contributed by atoms with E-state index in [9.17, 15) is 0 Å². The Kier molecular flexibility index (Phi) is 3.27. The molecule has 0 saturated heterocycles. The topological polar surface area (TPSA) is 77.3 Å². The monoisotopic (exact) mass is 228 g/mol. The highest BCUT2D eigenvalue weighted by atomic mass is 35.5. The predicted octanol–water partition coefficient (Wildman–Crippen LogP) is 1.62. The van der Waals surface area contributed by atoms with Gasteiger partial charge in [-0.3, -0.25) is 0 Å². The minimum absolute atomic E-state index is 0. The summed E-state index contributed by atoms with van der Waals surface area (Å²) < 4.78 is 1.09. The first kappa shape index (κ1) is 10.7. The summed E-state index contributed by atoms with van der Waals surface area (Å²) in [5.74, 6) is 0.0408. The molecule has 0 amide bonds. The van der Waals surface area contributed by atoms with Crippen LogP contribution in [0.2, 0.25) is 0 Å². The molecule has 1 heterocycles. The number of thiazole rings is 1. The van der Waals surface area contributed by atoms with Gasteiger partial charge in [0.15, 0.2) is 5.96 Å². The molecule has 74 valence electrons. The van der Waals surface area contributed by atoms with Crippen molar-refractivity contribution in [2.75, 3.05) is 0 Å². The Bertz CT molecular complexity index is 428. The highest BCUT2D eigenvalue weighted by Gasteiger charge is 2.00. The zero-order chi connectivity index (χ0) is 9.26. The van der Waals surface area contributed by atoms with Crippen molar-refractivity contribution < 1.29 is 0 Å². The van der Waals surface area contributed by atoms with Gasteiger partial charge in [-0.25, -0.2) is 4.98 Å². The first-order chi connectivity index (χ1) is 6.25. The lowest BCUT2D eigenvalue weighted by molar-refractivity contribution is 1.36. The molecule has 0 aliphatic heterocycles. The Hall–Kier alpha value is -1.33. The van der Waals surface area contributed by atoms with E-state index in [-0.39, 0.29) is 18.4 Å². The third-order valence-electron chi connectivity index (χ3n) is 1.51. The SMILES string of the molecule is Cl.NC(N)=Nc1nc2ccccc2s1. The fourth-order valence-corrected chi connectivity index (χ4v) is 1.87. The first-order valence-corrected chi connectivity index (χ1v) is 4.52. The lowest BCUT2D eigenvalue weighted by Crippen LogP contribution is -2.21. The summed E-state index contributed by atoms with van der Waals surface area (Å²) in [7, 11) is 0. The van der Waals surface area contributed by atoms with Crippen LogP contribution >= 0.6 is 23.7 Å². The second-order valence-corrected chi connectivity index (χ2v) is 3.51. The largest absolute Gasteiger partial charge is 0.370 e. The minimum Gasteiger partial charge on any atom is -0.370 e. The summed E-state index contributed by atoms with van der Waals surface area (Å²) in [6, 6.07) is 7.80. The quantitative estimate of drug-likeness (QED) is 0.575. The summed E-state index contributed by atoms with van der Waals surface area (Å²) in [5, 5.41) is 0.598. The molecule has 6 heteroatoms. The molecule has 0 aliphatic carbocycles. The number of nitrogens with zero attached hydrogens (tertiary/aromatic N) is 2. The number of fused-ring (bicyclic) bond motifs is 1. The smallest absolute Gasteiger partial charge is 0.213 e. The van der Waals surface area contributed by atoms with Gasteiger partial charge in [-0.15, -0.1) is 12.4 Å². The van der Waals surface area contributed by atoms with Crippen molar-refractivity contribution in [3.05, 3.63) is 24.3 Å². The van der Waals surface area contributed by atoms with Crippen molar-refractivity contribution in [3.8, 4) is 0 Å². The Morgan fingerprint density at radius 1 is 1.29 bits per heavy atom. The number of para-hydroxylation sites is 1. The molecule has 0 spiro atoms. The lowest BCUT2D eigenvalue weighted by Gasteiger charge is -1.84. The van der Waals surface area contributed by atoms with Crippen LogP contribution in [-0.2, 0) is 0 Å². The normalized spacial score (nSPS) is 9.43. The molecule has 0 saturated carbocycles. The van der Waals surface area contributed by atoms with Gasteiger partial charge in [0.2, 0.25) is 5.13 Å².